The predicted molar refractivity (Wildman–Crippen MR) is 151 cm³/mol. The van der Waals surface area contributed by atoms with Crippen LogP contribution in [0.4, 0.5) is 4.39 Å². The fourth-order valence-electron chi connectivity index (χ4n) is 6.35. The van der Waals surface area contributed by atoms with Crippen LogP contribution >= 0.6 is 0 Å². The Hall–Kier alpha value is -3.50. The van der Waals surface area contributed by atoms with Crippen molar-refractivity contribution < 1.29 is 14.3 Å². The Kier molecular flexibility index (Phi) is 6.99. The van der Waals surface area contributed by atoms with E-state index in [0.717, 1.165) is 44.5 Å². The number of alkyl halides is 1. The molecule has 1 saturated heterocycles. The Balaban J connectivity index is 1.34. The van der Waals surface area contributed by atoms with E-state index in [-0.39, 0.29) is 6.67 Å². The molecule has 0 spiro atoms. The maximum Gasteiger partial charge on any atom is 0.335 e. The van der Waals surface area contributed by atoms with Crippen molar-refractivity contribution in [2.24, 2.45) is 5.92 Å². The van der Waals surface area contributed by atoms with E-state index in [0.29, 0.717) is 23.8 Å². The third-order valence-electron chi connectivity index (χ3n) is 8.33. The van der Waals surface area contributed by atoms with Crippen molar-refractivity contribution in [3.8, 4) is 0 Å². The highest BCUT2D eigenvalue weighted by molar-refractivity contribution is 5.91. The Morgan fingerprint density at radius 3 is 2.50 bits per heavy atom. The number of carboxylic acids is 1. The number of halogens is 1. The van der Waals surface area contributed by atoms with Gasteiger partial charge in [0.15, 0.2) is 0 Å². The number of carbonyl (C=O) groups is 1. The molecule has 4 heteroatoms. The number of fused-ring (bicyclic) bond motifs is 1. The second-order valence-electron chi connectivity index (χ2n) is 11.0. The average molecular weight is 508 g/mol. The second kappa shape index (κ2) is 10.7. The first-order valence-electron chi connectivity index (χ1n) is 13.8. The molecule has 0 bridgehead atoms. The van der Waals surface area contributed by atoms with Crippen LogP contribution in [0.15, 0.2) is 83.9 Å². The molecule has 0 unspecified atom stereocenters. The van der Waals surface area contributed by atoms with Crippen LogP contribution in [0, 0.1) is 5.92 Å². The lowest BCUT2D eigenvalue weighted by molar-refractivity contribution is 0.0696. The summed E-state index contributed by atoms with van der Waals surface area (Å²) in [6.07, 6.45) is 7.03. The molecule has 2 fully saturated rings. The molecule has 194 valence electrons. The minimum absolute atomic E-state index is 0.247. The molecule has 2 aliphatic carbocycles. The molecule has 3 aromatic rings. The number of allylic oxidation sites excluding steroid dienone is 1. The van der Waals surface area contributed by atoms with E-state index in [1.165, 1.54) is 45.4 Å². The van der Waals surface area contributed by atoms with Crippen molar-refractivity contribution in [2.75, 3.05) is 26.3 Å². The molecule has 1 saturated carbocycles. The van der Waals surface area contributed by atoms with Crippen molar-refractivity contribution in [1.29, 1.82) is 0 Å². The first kappa shape index (κ1) is 24.8. The van der Waals surface area contributed by atoms with Gasteiger partial charge in [-0.1, -0.05) is 72.3 Å². The fourth-order valence-corrected chi connectivity index (χ4v) is 6.35. The summed E-state index contributed by atoms with van der Waals surface area (Å²) < 4.78 is 12.4. The summed E-state index contributed by atoms with van der Waals surface area (Å²) in [4.78, 5) is 14.0. The van der Waals surface area contributed by atoms with Gasteiger partial charge in [0.25, 0.3) is 0 Å². The van der Waals surface area contributed by atoms with E-state index >= 15 is 0 Å². The molecule has 1 heterocycles. The highest BCUT2D eigenvalue weighted by atomic mass is 19.1. The molecule has 3 aromatic carbocycles. The van der Waals surface area contributed by atoms with Crippen molar-refractivity contribution >= 4 is 17.6 Å². The summed E-state index contributed by atoms with van der Waals surface area (Å²) >= 11 is 0. The Morgan fingerprint density at radius 1 is 0.974 bits per heavy atom. The summed E-state index contributed by atoms with van der Waals surface area (Å²) in [6, 6.07) is 25.4. The van der Waals surface area contributed by atoms with Gasteiger partial charge in [-0.2, -0.15) is 0 Å². The summed E-state index contributed by atoms with van der Waals surface area (Å²) in [5.74, 6) is 0.222. The predicted octanol–water partition coefficient (Wildman–Crippen LogP) is 7.39. The molecule has 0 radical (unpaired) electrons. The summed E-state index contributed by atoms with van der Waals surface area (Å²) in [6.45, 7) is 2.44. The molecule has 3 aliphatic rings. The van der Waals surface area contributed by atoms with Gasteiger partial charge >= 0.3 is 5.97 Å². The van der Waals surface area contributed by atoms with E-state index in [1.54, 1.807) is 6.07 Å². The minimum atomic E-state index is -0.870. The molecule has 1 N–H and O–H groups in total. The molecule has 38 heavy (non-hydrogen) atoms. The molecular formula is C34H34FNO2. The topological polar surface area (TPSA) is 40.5 Å². The molecule has 1 aliphatic heterocycles. The van der Waals surface area contributed by atoms with Crippen molar-refractivity contribution in [2.45, 2.75) is 38.0 Å². The number of likely N-dealkylation sites (tertiary alicyclic amines) is 1. The zero-order chi connectivity index (χ0) is 26.1. The Bertz CT molecular complexity index is 1380. The maximum atomic E-state index is 12.4. The average Bonchev–Trinajstić information content (AvgIpc) is 3.73. The van der Waals surface area contributed by atoms with Gasteiger partial charge in [0.2, 0.25) is 0 Å². The van der Waals surface area contributed by atoms with Crippen LogP contribution in [0.1, 0.15) is 69.8 Å². The highest BCUT2D eigenvalue weighted by Gasteiger charge is 2.42. The Morgan fingerprint density at radius 2 is 1.76 bits per heavy atom. The maximum absolute atomic E-state index is 12.4. The van der Waals surface area contributed by atoms with Crippen LogP contribution in [0.2, 0.25) is 0 Å². The van der Waals surface area contributed by atoms with Crippen molar-refractivity contribution in [3.05, 3.63) is 117 Å². The number of carboxylic acid groups (broad SMARTS) is 1. The lowest BCUT2D eigenvalue weighted by Gasteiger charge is -2.33. The van der Waals surface area contributed by atoms with Crippen LogP contribution in [0.5, 0.6) is 0 Å². The SMILES string of the molecule is O=C(O)c1ccc2c(c1)CCCC([C@H]1C[C@@H]1c1ccccc1)=C2c1ccc(C=C2CN(CCCF)C2)cc1. The summed E-state index contributed by atoms with van der Waals surface area (Å²) in [5, 5.41) is 9.60. The monoisotopic (exact) mass is 507 g/mol. The molecule has 6 rings (SSSR count). The van der Waals surface area contributed by atoms with E-state index < -0.39 is 5.97 Å². The molecule has 3 nitrogen and oxygen atoms in total. The fraction of sp³-hybridized carbons (Fsp3) is 0.324. The van der Waals surface area contributed by atoms with E-state index in [1.807, 2.05) is 12.1 Å². The van der Waals surface area contributed by atoms with Gasteiger partial charge in [-0.05, 0) is 95.0 Å². The van der Waals surface area contributed by atoms with Gasteiger partial charge in [-0.3, -0.25) is 9.29 Å². The van der Waals surface area contributed by atoms with Gasteiger partial charge in [0.05, 0.1) is 12.2 Å². The molecule has 0 amide bonds. The zero-order valence-corrected chi connectivity index (χ0v) is 21.7. The summed E-state index contributed by atoms with van der Waals surface area (Å²) in [7, 11) is 0. The molecular weight excluding hydrogens is 473 g/mol. The number of aromatic carboxylic acids is 1. The van der Waals surface area contributed by atoms with Crippen molar-refractivity contribution in [1.82, 2.24) is 4.90 Å². The van der Waals surface area contributed by atoms with Crippen LogP contribution in [-0.2, 0) is 6.42 Å². The van der Waals surface area contributed by atoms with E-state index in [2.05, 4.69) is 65.6 Å². The minimum Gasteiger partial charge on any atom is -0.478 e. The van der Waals surface area contributed by atoms with Crippen LogP contribution in [0.25, 0.3) is 11.6 Å². The standard InChI is InChI=1S/C34H34FNO2/c35-16-5-17-36-21-24(22-36)18-23-10-12-26(13-11-23)33-29-15-14-28(34(37)38)19-27(29)8-4-9-30(33)32-20-31(32)25-6-2-1-3-7-25/h1-3,6-7,10-15,18-19,31-32H,4-5,8-9,16-17,20-22H2,(H,37,38)/t31-,32-/m1/s1. The van der Waals surface area contributed by atoms with Gasteiger partial charge < -0.3 is 5.11 Å². The number of aryl methyl sites for hydroxylation is 1. The normalized spacial score (nSPS) is 20.9. The van der Waals surface area contributed by atoms with Gasteiger partial charge in [-0.15, -0.1) is 0 Å². The van der Waals surface area contributed by atoms with Crippen LogP contribution in [0.3, 0.4) is 0 Å². The van der Waals surface area contributed by atoms with E-state index in [9.17, 15) is 14.3 Å². The van der Waals surface area contributed by atoms with Gasteiger partial charge in [0.1, 0.15) is 0 Å². The lowest BCUT2D eigenvalue weighted by atomic mass is 9.87. The first-order valence-corrected chi connectivity index (χ1v) is 13.8. The van der Waals surface area contributed by atoms with Gasteiger partial charge in [0, 0.05) is 19.6 Å². The zero-order valence-electron chi connectivity index (χ0n) is 21.7. The number of hydrogen-bond donors (Lipinski definition) is 1. The number of hydrogen-bond acceptors (Lipinski definition) is 2. The lowest BCUT2D eigenvalue weighted by Crippen LogP contribution is -2.40. The smallest absolute Gasteiger partial charge is 0.335 e. The number of nitrogens with zero attached hydrogens (tertiary/aromatic N) is 1. The first-order chi connectivity index (χ1) is 18.6. The molecule has 2 atom stereocenters. The quantitative estimate of drug-likeness (QED) is 0.346. The van der Waals surface area contributed by atoms with Crippen LogP contribution in [-0.4, -0.2) is 42.3 Å². The molecule has 0 aromatic heterocycles. The number of rotatable bonds is 8. The van der Waals surface area contributed by atoms with Crippen molar-refractivity contribution in [3.63, 3.8) is 0 Å². The Labute approximate surface area is 224 Å². The third-order valence-corrected chi connectivity index (χ3v) is 8.33. The largest absolute Gasteiger partial charge is 0.478 e. The van der Waals surface area contributed by atoms with Crippen LogP contribution < -0.4 is 0 Å². The van der Waals surface area contributed by atoms with E-state index in [4.69, 9.17) is 0 Å². The third kappa shape index (κ3) is 5.10. The number of benzene rings is 3. The second-order valence-corrected chi connectivity index (χ2v) is 11.0. The highest BCUT2D eigenvalue weighted by Crippen LogP contribution is 2.56. The summed E-state index contributed by atoms with van der Waals surface area (Å²) in [5.41, 5.74) is 10.7. The van der Waals surface area contributed by atoms with Gasteiger partial charge in [-0.25, -0.2) is 4.79 Å².